The van der Waals surface area contributed by atoms with Crippen molar-refractivity contribution in [2.75, 3.05) is 26.3 Å². The molecule has 1 aromatic heterocycles. The van der Waals surface area contributed by atoms with Crippen molar-refractivity contribution in [3.05, 3.63) is 52.5 Å². The van der Waals surface area contributed by atoms with Crippen molar-refractivity contribution in [1.29, 1.82) is 0 Å². The zero-order chi connectivity index (χ0) is 15.6. The van der Waals surface area contributed by atoms with Gasteiger partial charge in [-0.15, -0.1) is 0 Å². The Morgan fingerprint density at radius 3 is 2.78 bits per heavy atom. The Morgan fingerprint density at radius 2 is 1.96 bits per heavy atom. The summed E-state index contributed by atoms with van der Waals surface area (Å²) in [5.41, 5.74) is 3.97. The van der Waals surface area contributed by atoms with Crippen LogP contribution in [0.4, 0.5) is 0 Å². The van der Waals surface area contributed by atoms with Gasteiger partial charge >= 0.3 is 0 Å². The van der Waals surface area contributed by atoms with Gasteiger partial charge in [-0.1, -0.05) is 28.1 Å². The number of oxazole rings is 1. The van der Waals surface area contributed by atoms with E-state index < -0.39 is 0 Å². The summed E-state index contributed by atoms with van der Waals surface area (Å²) in [5.74, 6) is 0.657. The van der Waals surface area contributed by atoms with Crippen LogP contribution >= 0.6 is 15.9 Å². The second kappa shape index (κ2) is 6.43. The fourth-order valence-electron chi connectivity index (χ4n) is 2.83. The molecule has 1 fully saturated rings. The van der Waals surface area contributed by atoms with Gasteiger partial charge in [-0.2, -0.15) is 0 Å². The van der Waals surface area contributed by atoms with Crippen molar-refractivity contribution in [3.63, 3.8) is 0 Å². The Kier molecular flexibility index (Phi) is 4.16. The van der Waals surface area contributed by atoms with Crippen molar-refractivity contribution in [1.82, 2.24) is 9.88 Å². The van der Waals surface area contributed by atoms with Crippen LogP contribution in [-0.4, -0.2) is 36.2 Å². The van der Waals surface area contributed by atoms with Crippen LogP contribution in [0.15, 0.2) is 51.4 Å². The molecule has 5 heteroatoms. The lowest BCUT2D eigenvalue weighted by Gasteiger charge is -2.26. The summed E-state index contributed by atoms with van der Waals surface area (Å²) in [6.07, 6.45) is 0. The fourth-order valence-corrected chi connectivity index (χ4v) is 3.23. The highest BCUT2D eigenvalue weighted by Gasteiger charge is 2.13. The molecule has 23 heavy (non-hydrogen) atoms. The average Bonchev–Trinajstić information content (AvgIpc) is 2.99. The molecule has 4 nitrogen and oxygen atoms in total. The number of hydrogen-bond donors (Lipinski definition) is 0. The smallest absolute Gasteiger partial charge is 0.227 e. The van der Waals surface area contributed by atoms with Gasteiger partial charge in [-0.3, -0.25) is 4.90 Å². The summed E-state index contributed by atoms with van der Waals surface area (Å²) < 4.78 is 12.3. The lowest BCUT2D eigenvalue weighted by molar-refractivity contribution is 0.0342. The lowest BCUT2D eigenvalue weighted by Crippen LogP contribution is -2.35. The molecule has 2 heterocycles. The van der Waals surface area contributed by atoms with E-state index in [9.17, 15) is 0 Å². The Morgan fingerprint density at radius 1 is 1.09 bits per heavy atom. The Labute approximate surface area is 143 Å². The second-order valence-corrected chi connectivity index (χ2v) is 6.64. The molecule has 3 aromatic rings. The molecule has 1 saturated heterocycles. The summed E-state index contributed by atoms with van der Waals surface area (Å²) >= 11 is 3.48. The first-order valence-electron chi connectivity index (χ1n) is 7.73. The molecule has 0 aliphatic carbocycles. The van der Waals surface area contributed by atoms with Crippen LogP contribution in [0.1, 0.15) is 5.56 Å². The molecule has 0 unspecified atom stereocenters. The van der Waals surface area contributed by atoms with Gasteiger partial charge in [0.05, 0.1) is 13.2 Å². The predicted molar refractivity (Wildman–Crippen MR) is 93.2 cm³/mol. The standard InChI is InChI=1S/C18H17BrN2O2/c19-15-3-1-2-14(11-15)18-20-16-10-13(4-5-17(16)23-18)12-21-6-8-22-9-7-21/h1-5,10-11H,6-9,12H2. The fraction of sp³-hybridized carbons (Fsp3) is 0.278. The van der Waals surface area contributed by atoms with Gasteiger partial charge in [-0.05, 0) is 35.9 Å². The van der Waals surface area contributed by atoms with E-state index in [0.717, 1.165) is 54.0 Å². The van der Waals surface area contributed by atoms with Gasteiger partial charge < -0.3 is 9.15 Å². The molecule has 0 amide bonds. The number of hydrogen-bond acceptors (Lipinski definition) is 4. The summed E-state index contributed by atoms with van der Waals surface area (Å²) in [6.45, 7) is 4.54. The first-order valence-corrected chi connectivity index (χ1v) is 8.53. The second-order valence-electron chi connectivity index (χ2n) is 5.72. The number of nitrogens with zero attached hydrogens (tertiary/aromatic N) is 2. The van der Waals surface area contributed by atoms with E-state index >= 15 is 0 Å². The molecular weight excluding hydrogens is 356 g/mol. The molecule has 0 atom stereocenters. The minimum atomic E-state index is 0.657. The number of morpholine rings is 1. The minimum absolute atomic E-state index is 0.657. The molecule has 0 spiro atoms. The Balaban J connectivity index is 1.61. The van der Waals surface area contributed by atoms with Crippen LogP contribution in [0.2, 0.25) is 0 Å². The molecule has 118 valence electrons. The van der Waals surface area contributed by atoms with Gasteiger partial charge in [0.1, 0.15) is 5.52 Å². The van der Waals surface area contributed by atoms with Gasteiger partial charge in [0, 0.05) is 29.7 Å². The monoisotopic (exact) mass is 372 g/mol. The van der Waals surface area contributed by atoms with Crippen molar-refractivity contribution >= 4 is 27.0 Å². The number of ether oxygens (including phenoxy) is 1. The van der Waals surface area contributed by atoms with Crippen LogP contribution < -0.4 is 0 Å². The van der Waals surface area contributed by atoms with Crippen LogP contribution in [0.5, 0.6) is 0 Å². The van der Waals surface area contributed by atoms with Crippen LogP contribution in [0, 0.1) is 0 Å². The summed E-state index contributed by atoms with van der Waals surface area (Å²) in [4.78, 5) is 7.05. The minimum Gasteiger partial charge on any atom is -0.436 e. The molecule has 0 radical (unpaired) electrons. The highest BCUT2D eigenvalue weighted by Crippen LogP contribution is 2.27. The van der Waals surface area contributed by atoms with Gasteiger partial charge in [0.25, 0.3) is 0 Å². The van der Waals surface area contributed by atoms with Gasteiger partial charge in [0.2, 0.25) is 5.89 Å². The molecule has 2 aromatic carbocycles. The maximum Gasteiger partial charge on any atom is 0.227 e. The quantitative estimate of drug-likeness (QED) is 0.693. The molecule has 1 aliphatic heterocycles. The predicted octanol–water partition coefficient (Wildman–Crippen LogP) is 4.09. The lowest BCUT2D eigenvalue weighted by atomic mass is 10.2. The number of halogens is 1. The van der Waals surface area contributed by atoms with Gasteiger partial charge in [0.15, 0.2) is 5.58 Å². The largest absolute Gasteiger partial charge is 0.436 e. The number of fused-ring (bicyclic) bond motifs is 1. The van der Waals surface area contributed by atoms with Crippen molar-refractivity contribution in [2.24, 2.45) is 0 Å². The maximum atomic E-state index is 5.89. The maximum absolute atomic E-state index is 5.89. The highest BCUT2D eigenvalue weighted by molar-refractivity contribution is 9.10. The molecule has 4 rings (SSSR count). The average molecular weight is 373 g/mol. The van der Waals surface area contributed by atoms with Crippen molar-refractivity contribution in [3.8, 4) is 11.5 Å². The molecule has 0 bridgehead atoms. The highest BCUT2D eigenvalue weighted by atomic mass is 79.9. The topological polar surface area (TPSA) is 38.5 Å². The first kappa shape index (κ1) is 14.9. The Hall–Kier alpha value is -1.69. The summed E-state index contributed by atoms with van der Waals surface area (Å²) in [7, 11) is 0. The van der Waals surface area contributed by atoms with E-state index in [2.05, 4.69) is 37.9 Å². The van der Waals surface area contributed by atoms with E-state index in [0.29, 0.717) is 5.89 Å². The third kappa shape index (κ3) is 3.32. The zero-order valence-electron chi connectivity index (χ0n) is 12.7. The number of rotatable bonds is 3. The van der Waals surface area contributed by atoms with E-state index in [4.69, 9.17) is 9.15 Å². The number of aromatic nitrogens is 1. The van der Waals surface area contributed by atoms with Gasteiger partial charge in [-0.25, -0.2) is 4.98 Å². The SMILES string of the molecule is Brc1cccc(-c2nc3cc(CN4CCOCC4)ccc3o2)c1. The van der Waals surface area contributed by atoms with Crippen LogP contribution in [0.3, 0.4) is 0 Å². The molecule has 0 saturated carbocycles. The normalized spacial score (nSPS) is 16.0. The van der Waals surface area contributed by atoms with E-state index in [1.807, 2.05) is 30.3 Å². The van der Waals surface area contributed by atoms with Crippen molar-refractivity contribution in [2.45, 2.75) is 6.54 Å². The molecule has 0 N–H and O–H groups in total. The van der Waals surface area contributed by atoms with E-state index in [1.54, 1.807) is 0 Å². The zero-order valence-corrected chi connectivity index (χ0v) is 14.3. The van der Waals surface area contributed by atoms with E-state index in [-0.39, 0.29) is 0 Å². The van der Waals surface area contributed by atoms with E-state index in [1.165, 1.54) is 5.56 Å². The first-order chi connectivity index (χ1) is 11.3. The summed E-state index contributed by atoms with van der Waals surface area (Å²) in [6, 6.07) is 14.2. The number of benzene rings is 2. The molecular formula is C18H17BrN2O2. The van der Waals surface area contributed by atoms with Crippen molar-refractivity contribution < 1.29 is 9.15 Å². The third-order valence-corrected chi connectivity index (χ3v) is 4.53. The molecule has 1 aliphatic rings. The Bertz CT molecular complexity index is 825. The van der Waals surface area contributed by atoms with Crippen LogP contribution in [0.25, 0.3) is 22.6 Å². The third-order valence-electron chi connectivity index (χ3n) is 4.03. The summed E-state index contributed by atoms with van der Waals surface area (Å²) in [5, 5.41) is 0. The van der Waals surface area contributed by atoms with Crippen LogP contribution in [-0.2, 0) is 11.3 Å².